The second kappa shape index (κ2) is 8.95. The average Bonchev–Trinajstić information content (AvgIpc) is 3.08. The fourth-order valence-corrected chi connectivity index (χ4v) is 2.78. The van der Waals surface area contributed by atoms with Crippen molar-refractivity contribution in [1.29, 1.82) is 0 Å². The largest absolute Gasteiger partial charge is 0.383 e. The molecule has 2 heterocycles. The number of piperazine rings is 1. The molecule has 126 valence electrons. The van der Waals surface area contributed by atoms with Crippen molar-refractivity contribution >= 4 is 11.9 Å². The molecule has 2 fully saturated rings. The molecule has 2 aliphatic heterocycles. The molecule has 1 amide bonds. The van der Waals surface area contributed by atoms with Crippen LogP contribution in [0.5, 0.6) is 0 Å². The van der Waals surface area contributed by atoms with E-state index in [9.17, 15) is 4.79 Å². The van der Waals surface area contributed by atoms with E-state index in [0.717, 1.165) is 51.5 Å². The number of hydrogen-bond acceptors (Lipinski definition) is 4. The summed E-state index contributed by atoms with van der Waals surface area (Å²) in [4.78, 5) is 21.0. The van der Waals surface area contributed by atoms with E-state index in [1.54, 1.807) is 7.11 Å². The number of carbonyl (C=O) groups excluding carboxylic acids is 1. The highest BCUT2D eigenvalue weighted by atomic mass is 16.5. The van der Waals surface area contributed by atoms with Gasteiger partial charge in [-0.3, -0.25) is 9.79 Å². The van der Waals surface area contributed by atoms with Crippen molar-refractivity contribution in [2.75, 3.05) is 59.6 Å². The number of ether oxygens (including phenoxy) is 2. The zero-order valence-electron chi connectivity index (χ0n) is 13.7. The molecule has 0 aromatic carbocycles. The lowest BCUT2D eigenvalue weighted by molar-refractivity contribution is -0.142. The van der Waals surface area contributed by atoms with Crippen LogP contribution in [0.25, 0.3) is 0 Å². The molecule has 7 heteroatoms. The van der Waals surface area contributed by atoms with Gasteiger partial charge in [0.2, 0.25) is 0 Å². The van der Waals surface area contributed by atoms with Crippen LogP contribution in [0.3, 0.4) is 0 Å². The zero-order chi connectivity index (χ0) is 15.8. The van der Waals surface area contributed by atoms with E-state index in [-0.39, 0.29) is 12.0 Å². The molecule has 2 saturated heterocycles. The highest BCUT2D eigenvalue weighted by Gasteiger charge is 2.30. The van der Waals surface area contributed by atoms with Gasteiger partial charge in [0.05, 0.1) is 13.2 Å². The molecular formula is C15H28N4O3. The van der Waals surface area contributed by atoms with E-state index < -0.39 is 0 Å². The zero-order valence-corrected chi connectivity index (χ0v) is 13.7. The second-order valence-corrected chi connectivity index (χ2v) is 5.54. The molecule has 1 N–H and O–H groups in total. The summed E-state index contributed by atoms with van der Waals surface area (Å²) < 4.78 is 10.5. The van der Waals surface area contributed by atoms with E-state index in [1.807, 2.05) is 4.90 Å². The minimum absolute atomic E-state index is 0.151. The predicted molar refractivity (Wildman–Crippen MR) is 85.0 cm³/mol. The number of amides is 1. The van der Waals surface area contributed by atoms with Crippen molar-refractivity contribution in [3.05, 3.63) is 0 Å². The first-order valence-corrected chi connectivity index (χ1v) is 8.18. The lowest BCUT2D eigenvalue weighted by atomic mass is 10.2. The Morgan fingerprint density at radius 2 is 2.05 bits per heavy atom. The standard InChI is InChI=1S/C15H28N4O3/c1-3-16-15(17-6-12-21-2)19-9-7-18(8-10-19)14(20)13-5-4-11-22-13/h13H,3-12H2,1-2H3,(H,16,17). The molecule has 0 spiro atoms. The summed E-state index contributed by atoms with van der Waals surface area (Å²) in [5.41, 5.74) is 0. The van der Waals surface area contributed by atoms with Crippen molar-refractivity contribution in [2.45, 2.75) is 25.9 Å². The lowest BCUT2D eigenvalue weighted by Gasteiger charge is -2.37. The van der Waals surface area contributed by atoms with Gasteiger partial charge in [0.25, 0.3) is 5.91 Å². The number of nitrogens with one attached hydrogen (secondary N) is 1. The van der Waals surface area contributed by atoms with Crippen LogP contribution >= 0.6 is 0 Å². The summed E-state index contributed by atoms with van der Waals surface area (Å²) in [5.74, 6) is 1.06. The minimum atomic E-state index is -0.213. The van der Waals surface area contributed by atoms with Gasteiger partial charge in [-0.05, 0) is 19.8 Å². The summed E-state index contributed by atoms with van der Waals surface area (Å²) in [5, 5.41) is 3.30. The maximum atomic E-state index is 12.3. The monoisotopic (exact) mass is 312 g/mol. The fraction of sp³-hybridized carbons (Fsp3) is 0.867. The Kier molecular flexibility index (Phi) is 6.92. The Bertz CT molecular complexity index is 375. The summed E-state index contributed by atoms with van der Waals surface area (Å²) in [6.45, 7) is 7.94. The first-order chi connectivity index (χ1) is 10.8. The van der Waals surface area contributed by atoms with Gasteiger partial charge in [0, 0.05) is 46.4 Å². The van der Waals surface area contributed by atoms with Crippen LogP contribution in [-0.2, 0) is 14.3 Å². The molecule has 1 unspecified atom stereocenters. The molecule has 0 aromatic rings. The first kappa shape index (κ1) is 17.0. The molecule has 2 rings (SSSR count). The van der Waals surface area contributed by atoms with Gasteiger partial charge >= 0.3 is 0 Å². The fourth-order valence-electron chi connectivity index (χ4n) is 2.78. The van der Waals surface area contributed by atoms with Gasteiger partial charge in [0.15, 0.2) is 5.96 Å². The van der Waals surface area contributed by atoms with Crippen molar-refractivity contribution in [2.24, 2.45) is 4.99 Å². The molecule has 0 aliphatic carbocycles. The first-order valence-electron chi connectivity index (χ1n) is 8.18. The molecule has 22 heavy (non-hydrogen) atoms. The summed E-state index contributed by atoms with van der Waals surface area (Å²) in [6, 6.07) is 0. The Morgan fingerprint density at radius 3 is 2.64 bits per heavy atom. The van der Waals surface area contributed by atoms with Crippen molar-refractivity contribution in [1.82, 2.24) is 15.1 Å². The Labute approximate surface area is 132 Å². The van der Waals surface area contributed by atoms with Crippen LogP contribution in [0.15, 0.2) is 4.99 Å². The normalized spacial score (nSPS) is 23.0. The second-order valence-electron chi connectivity index (χ2n) is 5.54. The van der Waals surface area contributed by atoms with Gasteiger partial charge < -0.3 is 24.6 Å². The number of rotatable bonds is 5. The van der Waals surface area contributed by atoms with Gasteiger partial charge in [-0.15, -0.1) is 0 Å². The van der Waals surface area contributed by atoms with E-state index in [2.05, 4.69) is 22.1 Å². The highest BCUT2D eigenvalue weighted by Crippen LogP contribution is 2.16. The SMILES string of the molecule is CCNC(=NCCOC)N1CCN(C(=O)C2CCCO2)CC1. The molecule has 1 atom stereocenters. The molecule has 0 saturated carbocycles. The molecule has 0 bridgehead atoms. The van der Waals surface area contributed by atoms with E-state index in [1.165, 1.54) is 0 Å². The molecular weight excluding hydrogens is 284 g/mol. The Hall–Kier alpha value is -1.34. The molecule has 7 nitrogen and oxygen atoms in total. The summed E-state index contributed by atoms with van der Waals surface area (Å²) >= 11 is 0. The van der Waals surface area contributed by atoms with Crippen LogP contribution in [-0.4, -0.2) is 87.4 Å². The van der Waals surface area contributed by atoms with Gasteiger partial charge in [-0.25, -0.2) is 0 Å². The van der Waals surface area contributed by atoms with Gasteiger partial charge in [-0.2, -0.15) is 0 Å². The number of hydrogen-bond donors (Lipinski definition) is 1. The van der Waals surface area contributed by atoms with Crippen molar-refractivity contribution in [3.63, 3.8) is 0 Å². The van der Waals surface area contributed by atoms with Gasteiger partial charge in [-0.1, -0.05) is 0 Å². The number of guanidine groups is 1. The third-order valence-corrected chi connectivity index (χ3v) is 3.99. The van der Waals surface area contributed by atoms with Crippen LogP contribution in [0.2, 0.25) is 0 Å². The van der Waals surface area contributed by atoms with Crippen LogP contribution < -0.4 is 5.32 Å². The van der Waals surface area contributed by atoms with Crippen molar-refractivity contribution < 1.29 is 14.3 Å². The van der Waals surface area contributed by atoms with Crippen LogP contribution in [0, 0.1) is 0 Å². The van der Waals surface area contributed by atoms with Crippen molar-refractivity contribution in [3.8, 4) is 0 Å². The van der Waals surface area contributed by atoms with E-state index in [4.69, 9.17) is 9.47 Å². The topological polar surface area (TPSA) is 66.4 Å². The highest BCUT2D eigenvalue weighted by molar-refractivity contribution is 5.82. The molecule has 0 aromatic heterocycles. The Balaban J connectivity index is 1.83. The summed E-state index contributed by atoms with van der Waals surface area (Å²) in [7, 11) is 1.68. The van der Waals surface area contributed by atoms with Gasteiger partial charge in [0.1, 0.15) is 6.10 Å². The number of methoxy groups -OCH3 is 1. The quantitative estimate of drug-likeness (QED) is 0.437. The predicted octanol–water partition coefficient (Wildman–Crippen LogP) is -0.0785. The number of aliphatic imine (C=N–C) groups is 1. The Morgan fingerprint density at radius 1 is 1.32 bits per heavy atom. The summed E-state index contributed by atoms with van der Waals surface area (Å²) in [6.07, 6.45) is 1.64. The number of carbonyl (C=O) groups is 1. The maximum absolute atomic E-state index is 12.3. The minimum Gasteiger partial charge on any atom is -0.383 e. The molecule has 0 radical (unpaired) electrons. The third-order valence-electron chi connectivity index (χ3n) is 3.99. The van der Waals surface area contributed by atoms with E-state index >= 15 is 0 Å². The maximum Gasteiger partial charge on any atom is 0.251 e. The van der Waals surface area contributed by atoms with Crippen LogP contribution in [0.1, 0.15) is 19.8 Å². The van der Waals surface area contributed by atoms with Crippen LogP contribution in [0.4, 0.5) is 0 Å². The smallest absolute Gasteiger partial charge is 0.251 e. The van der Waals surface area contributed by atoms with E-state index in [0.29, 0.717) is 19.8 Å². The number of nitrogens with zero attached hydrogens (tertiary/aromatic N) is 3. The molecule has 2 aliphatic rings. The average molecular weight is 312 g/mol. The lowest BCUT2D eigenvalue weighted by Crippen LogP contribution is -2.55. The third kappa shape index (κ3) is 4.58.